The SMILES string of the molecule is COc1ccc(OCCNC(=O)c2ccnc(C(=O)Nc3cc(C)on3)c2)cc1. The number of carbonyl (C=O) groups is 2. The van der Waals surface area contributed by atoms with Crippen molar-refractivity contribution in [1.82, 2.24) is 15.5 Å². The lowest BCUT2D eigenvalue weighted by atomic mass is 10.2. The van der Waals surface area contributed by atoms with Crippen LogP contribution in [0.15, 0.2) is 53.2 Å². The molecule has 2 amide bonds. The van der Waals surface area contributed by atoms with Crippen LogP contribution in [0.5, 0.6) is 11.5 Å². The highest BCUT2D eigenvalue weighted by molar-refractivity contribution is 6.04. The van der Waals surface area contributed by atoms with Gasteiger partial charge in [0.25, 0.3) is 11.8 Å². The van der Waals surface area contributed by atoms with E-state index in [-0.39, 0.29) is 17.4 Å². The third-order valence-corrected chi connectivity index (χ3v) is 3.84. The number of aromatic nitrogens is 2. The van der Waals surface area contributed by atoms with Crippen molar-refractivity contribution in [3.05, 3.63) is 65.7 Å². The van der Waals surface area contributed by atoms with Crippen LogP contribution in [0.25, 0.3) is 0 Å². The van der Waals surface area contributed by atoms with E-state index in [1.165, 1.54) is 18.3 Å². The van der Waals surface area contributed by atoms with Gasteiger partial charge in [0.2, 0.25) is 0 Å². The summed E-state index contributed by atoms with van der Waals surface area (Å²) in [4.78, 5) is 28.5. The summed E-state index contributed by atoms with van der Waals surface area (Å²) >= 11 is 0. The Labute approximate surface area is 167 Å². The molecule has 2 heterocycles. The second-order valence-corrected chi connectivity index (χ2v) is 5.99. The van der Waals surface area contributed by atoms with E-state index in [2.05, 4.69) is 20.8 Å². The molecule has 0 fully saturated rings. The number of rotatable bonds is 8. The molecule has 0 bridgehead atoms. The molecule has 3 rings (SSSR count). The van der Waals surface area contributed by atoms with Gasteiger partial charge in [0.15, 0.2) is 5.82 Å². The number of ether oxygens (including phenoxy) is 2. The van der Waals surface area contributed by atoms with Gasteiger partial charge in [-0.15, -0.1) is 0 Å². The van der Waals surface area contributed by atoms with Crippen LogP contribution in [-0.2, 0) is 0 Å². The number of nitrogens with zero attached hydrogens (tertiary/aromatic N) is 2. The lowest BCUT2D eigenvalue weighted by Crippen LogP contribution is -2.28. The predicted molar refractivity (Wildman–Crippen MR) is 104 cm³/mol. The average Bonchev–Trinajstić information content (AvgIpc) is 3.16. The van der Waals surface area contributed by atoms with Crippen molar-refractivity contribution in [3.8, 4) is 11.5 Å². The average molecular weight is 396 g/mol. The monoisotopic (exact) mass is 396 g/mol. The summed E-state index contributed by atoms with van der Waals surface area (Å²) in [6, 6.07) is 11.7. The van der Waals surface area contributed by atoms with Crippen molar-refractivity contribution in [1.29, 1.82) is 0 Å². The van der Waals surface area contributed by atoms with Crippen LogP contribution >= 0.6 is 0 Å². The van der Waals surface area contributed by atoms with Crippen LogP contribution in [-0.4, -0.2) is 42.2 Å². The van der Waals surface area contributed by atoms with Crippen LogP contribution in [0.1, 0.15) is 26.6 Å². The van der Waals surface area contributed by atoms with Crippen LogP contribution < -0.4 is 20.1 Å². The van der Waals surface area contributed by atoms with Gasteiger partial charge in [0.05, 0.1) is 13.7 Å². The molecule has 2 N–H and O–H groups in total. The molecular weight excluding hydrogens is 376 g/mol. The Morgan fingerprint density at radius 2 is 1.83 bits per heavy atom. The topological polar surface area (TPSA) is 116 Å². The van der Waals surface area contributed by atoms with Crippen molar-refractivity contribution in [2.75, 3.05) is 25.6 Å². The molecule has 0 aliphatic carbocycles. The lowest BCUT2D eigenvalue weighted by molar-refractivity contribution is 0.0947. The molecule has 0 aliphatic heterocycles. The maximum absolute atomic E-state index is 12.3. The number of methoxy groups -OCH3 is 1. The van der Waals surface area contributed by atoms with E-state index in [9.17, 15) is 9.59 Å². The third kappa shape index (κ3) is 5.55. The molecule has 0 atom stereocenters. The van der Waals surface area contributed by atoms with Gasteiger partial charge in [0.1, 0.15) is 29.6 Å². The maximum Gasteiger partial charge on any atom is 0.275 e. The molecule has 9 heteroatoms. The minimum Gasteiger partial charge on any atom is -0.497 e. The van der Waals surface area contributed by atoms with E-state index in [0.717, 1.165) is 5.75 Å². The second-order valence-electron chi connectivity index (χ2n) is 5.99. The third-order valence-electron chi connectivity index (χ3n) is 3.84. The first-order chi connectivity index (χ1) is 14.0. The lowest BCUT2D eigenvalue weighted by Gasteiger charge is -2.09. The van der Waals surface area contributed by atoms with Crippen LogP contribution in [0.4, 0.5) is 5.82 Å². The Kier molecular flexibility index (Phi) is 6.41. The quantitative estimate of drug-likeness (QED) is 0.562. The fourth-order valence-corrected chi connectivity index (χ4v) is 2.41. The summed E-state index contributed by atoms with van der Waals surface area (Å²) < 4.78 is 15.5. The van der Waals surface area contributed by atoms with Gasteiger partial charge in [-0.3, -0.25) is 14.6 Å². The molecule has 0 radical (unpaired) electrons. The molecule has 0 saturated heterocycles. The zero-order valence-electron chi connectivity index (χ0n) is 16.0. The molecule has 2 aromatic heterocycles. The summed E-state index contributed by atoms with van der Waals surface area (Å²) in [5.74, 6) is 1.43. The van der Waals surface area contributed by atoms with Crippen LogP contribution in [0.2, 0.25) is 0 Å². The number of aryl methyl sites for hydroxylation is 1. The van der Waals surface area contributed by atoms with Gasteiger partial charge in [-0.1, -0.05) is 5.16 Å². The van der Waals surface area contributed by atoms with E-state index in [4.69, 9.17) is 14.0 Å². The molecule has 3 aromatic rings. The van der Waals surface area contributed by atoms with E-state index < -0.39 is 5.91 Å². The first kappa shape index (κ1) is 19.9. The van der Waals surface area contributed by atoms with Crippen LogP contribution in [0, 0.1) is 6.92 Å². The highest BCUT2D eigenvalue weighted by Gasteiger charge is 2.13. The van der Waals surface area contributed by atoms with E-state index >= 15 is 0 Å². The molecule has 9 nitrogen and oxygen atoms in total. The molecule has 0 unspecified atom stereocenters. The predicted octanol–water partition coefficient (Wildman–Crippen LogP) is 2.45. The summed E-state index contributed by atoms with van der Waals surface area (Å²) in [5.41, 5.74) is 0.402. The number of amides is 2. The first-order valence-electron chi connectivity index (χ1n) is 8.81. The summed E-state index contributed by atoms with van der Waals surface area (Å²) in [7, 11) is 1.59. The molecule has 150 valence electrons. The highest BCUT2D eigenvalue weighted by atomic mass is 16.5. The number of nitrogens with one attached hydrogen (secondary N) is 2. The summed E-state index contributed by atoms with van der Waals surface area (Å²) in [6.07, 6.45) is 1.39. The van der Waals surface area contributed by atoms with Crippen molar-refractivity contribution < 1.29 is 23.6 Å². The smallest absolute Gasteiger partial charge is 0.275 e. The van der Waals surface area contributed by atoms with Crippen molar-refractivity contribution in [2.45, 2.75) is 6.92 Å². The molecule has 0 aliphatic rings. The van der Waals surface area contributed by atoms with Crippen molar-refractivity contribution in [3.63, 3.8) is 0 Å². The largest absolute Gasteiger partial charge is 0.497 e. The summed E-state index contributed by atoms with van der Waals surface area (Å²) in [5, 5.41) is 8.98. The number of hydrogen-bond acceptors (Lipinski definition) is 7. The van der Waals surface area contributed by atoms with E-state index in [0.29, 0.717) is 30.2 Å². The fourth-order valence-electron chi connectivity index (χ4n) is 2.41. The number of carbonyl (C=O) groups excluding carboxylic acids is 2. The Morgan fingerprint density at radius 1 is 1.07 bits per heavy atom. The normalized spacial score (nSPS) is 10.3. The van der Waals surface area contributed by atoms with E-state index in [1.54, 1.807) is 44.4 Å². The zero-order valence-corrected chi connectivity index (χ0v) is 16.0. The van der Waals surface area contributed by atoms with E-state index in [1.807, 2.05) is 0 Å². The minimum absolute atomic E-state index is 0.0905. The Bertz CT molecular complexity index is 985. The number of anilines is 1. The molecule has 0 spiro atoms. The van der Waals surface area contributed by atoms with Gasteiger partial charge < -0.3 is 24.6 Å². The number of hydrogen-bond donors (Lipinski definition) is 2. The first-order valence-corrected chi connectivity index (χ1v) is 8.81. The van der Waals surface area contributed by atoms with Crippen molar-refractivity contribution in [2.24, 2.45) is 0 Å². The van der Waals surface area contributed by atoms with Gasteiger partial charge in [-0.05, 0) is 43.3 Å². The van der Waals surface area contributed by atoms with Gasteiger partial charge in [-0.25, -0.2) is 0 Å². The fraction of sp³-hybridized carbons (Fsp3) is 0.200. The maximum atomic E-state index is 12.3. The highest BCUT2D eigenvalue weighted by Crippen LogP contribution is 2.16. The molecule has 0 saturated carbocycles. The molecular formula is C20H20N4O5. The number of benzene rings is 1. The Hall–Kier alpha value is -3.88. The van der Waals surface area contributed by atoms with Gasteiger partial charge in [-0.2, -0.15) is 0 Å². The van der Waals surface area contributed by atoms with Crippen LogP contribution in [0.3, 0.4) is 0 Å². The molecule has 29 heavy (non-hydrogen) atoms. The Morgan fingerprint density at radius 3 is 2.52 bits per heavy atom. The van der Waals surface area contributed by atoms with Crippen molar-refractivity contribution >= 4 is 17.6 Å². The minimum atomic E-state index is -0.490. The molecule has 1 aromatic carbocycles. The Balaban J connectivity index is 1.50. The van der Waals surface area contributed by atoms with Gasteiger partial charge in [0, 0.05) is 17.8 Å². The zero-order chi connectivity index (χ0) is 20.6. The summed E-state index contributed by atoms with van der Waals surface area (Å²) in [6.45, 7) is 2.30. The number of pyridine rings is 1. The van der Waals surface area contributed by atoms with Gasteiger partial charge >= 0.3 is 0 Å². The second kappa shape index (κ2) is 9.36. The standard InChI is InChI=1S/C20H20N4O5/c1-13-11-18(24-29-13)23-20(26)17-12-14(7-8-21-17)19(25)22-9-10-28-16-5-3-15(27-2)4-6-16/h3-8,11-12H,9-10H2,1-2H3,(H,22,25)(H,23,24,26).